The Morgan fingerprint density at radius 3 is 2.14 bits per heavy atom. The predicted molar refractivity (Wildman–Crippen MR) is 124 cm³/mol. The maximum atomic E-state index is 6.47. The van der Waals surface area contributed by atoms with Crippen LogP contribution in [0.4, 0.5) is 0 Å². The van der Waals surface area contributed by atoms with Gasteiger partial charge in [-0.3, -0.25) is 0 Å². The summed E-state index contributed by atoms with van der Waals surface area (Å²) < 4.78 is 6.47. The van der Waals surface area contributed by atoms with E-state index in [4.69, 9.17) is 4.42 Å². The molecule has 0 amide bonds. The number of aryl methyl sites for hydroxylation is 1. The number of fused-ring (bicyclic) bond motifs is 7. The van der Waals surface area contributed by atoms with Crippen LogP contribution >= 0.6 is 0 Å². The molecule has 7 aromatic rings. The zero-order valence-corrected chi connectivity index (χ0v) is 16.0. The zero-order valence-electron chi connectivity index (χ0n) is 16.0. The lowest BCUT2D eigenvalue weighted by Gasteiger charge is -2.13. The Bertz CT molecular complexity index is 1730. The lowest BCUT2D eigenvalue weighted by atomic mass is 9.88. The smallest absolute Gasteiger partial charge is 0.207 e. The first kappa shape index (κ1) is 15.2. The third-order valence-electron chi connectivity index (χ3n) is 6.35. The molecule has 0 aliphatic heterocycles. The van der Waals surface area contributed by atoms with E-state index in [2.05, 4.69) is 91.9 Å². The summed E-state index contributed by atoms with van der Waals surface area (Å²) in [6.07, 6.45) is 0. The second-order valence-electron chi connectivity index (χ2n) is 8.03. The van der Waals surface area contributed by atoms with Crippen molar-refractivity contribution in [2.24, 2.45) is 0 Å². The van der Waals surface area contributed by atoms with Gasteiger partial charge in [-0.05, 0) is 51.4 Å². The average molecular weight is 369 g/mol. The Hall–Kier alpha value is -3.71. The summed E-state index contributed by atoms with van der Waals surface area (Å²) >= 11 is 0. The molecule has 0 aliphatic rings. The molecule has 1 heterocycles. The minimum absolute atomic E-state index is 0.941. The largest absolute Gasteiger partial charge is 0.362 e. The molecule has 0 unspecified atom stereocenters. The quantitative estimate of drug-likeness (QED) is 0.149. The van der Waals surface area contributed by atoms with E-state index in [1.165, 1.54) is 59.4 Å². The fourth-order valence-electron chi connectivity index (χ4n) is 5.12. The Kier molecular flexibility index (Phi) is 2.74. The first-order valence-electron chi connectivity index (χ1n) is 10.0. The van der Waals surface area contributed by atoms with Gasteiger partial charge < -0.3 is 0 Å². The van der Waals surface area contributed by atoms with Crippen LogP contribution in [-0.4, -0.2) is 0 Å². The van der Waals surface area contributed by atoms with Gasteiger partial charge in [-0.25, -0.2) is 4.42 Å². The Balaban J connectivity index is 1.97. The molecular weight excluding hydrogens is 352 g/mol. The third kappa shape index (κ3) is 1.87. The van der Waals surface area contributed by atoms with Gasteiger partial charge in [0.05, 0.1) is 10.8 Å². The molecule has 6 aromatic carbocycles. The van der Waals surface area contributed by atoms with Crippen LogP contribution in [0.5, 0.6) is 0 Å². The van der Waals surface area contributed by atoms with Crippen LogP contribution in [0, 0.1) is 6.92 Å². The highest BCUT2D eigenvalue weighted by Gasteiger charge is 2.24. The minimum atomic E-state index is 0.941. The Morgan fingerprint density at radius 2 is 1.21 bits per heavy atom. The van der Waals surface area contributed by atoms with Gasteiger partial charge in [-0.2, -0.15) is 0 Å². The maximum absolute atomic E-state index is 6.47. The van der Waals surface area contributed by atoms with Crippen molar-refractivity contribution < 1.29 is 4.42 Å². The Labute approximate surface area is 167 Å². The third-order valence-corrected chi connectivity index (χ3v) is 6.35. The van der Waals surface area contributed by atoms with Crippen LogP contribution < -0.4 is 0 Å². The van der Waals surface area contributed by atoms with Gasteiger partial charge in [0.25, 0.3) is 0 Å². The highest BCUT2D eigenvalue weighted by Crippen LogP contribution is 2.45. The molecular formula is C28H17O+. The van der Waals surface area contributed by atoms with Crippen molar-refractivity contribution in [2.75, 3.05) is 0 Å². The van der Waals surface area contributed by atoms with E-state index >= 15 is 0 Å². The van der Waals surface area contributed by atoms with Crippen molar-refractivity contribution in [1.82, 2.24) is 0 Å². The molecule has 0 bridgehead atoms. The van der Waals surface area contributed by atoms with Gasteiger partial charge in [0.2, 0.25) is 0 Å². The first-order valence-corrected chi connectivity index (χ1v) is 10.0. The fraction of sp³-hybridized carbons (Fsp3) is 0.0357. The molecule has 7 rings (SSSR count). The molecule has 0 spiro atoms. The van der Waals surface area contributed by atoms with E-state index in [1.54, 1.807) is 0 Å². The monoisotopic (exact) mass is 369 g/mol. The molecule has 1 heteroatoms. The second-order valence-corrected chi connectivity index (χ2v) is 8.03. The van der Waals surface area contributed by atoms with E-state index in [9.17, 15) is 0 Å². The topological polar surface area (TPSA) is 11.3 Å². The van der Waals surface area contributed by atoms with E-state index in [0.29, 0.717) is 0 Å². The molecule has 0 saturated carbocycles. The molecule has 0 N–H and O–H groups in total. The molecule has 0 radical (unpaired) electrons. The van der Waals surface area contributed by atoms with Crippen LogP contribution in [0.1, 0.15) is 5.56 Å². The molecule has 1 aromatic heterocycles. The van der Waals surface area contributed by atoms with Crippen LogP contribution in [0.2, 0.25) is 0 Å². The van der Waals surface area contributed by atoms with Crippen LogP contribution in [0.15, 0.2) is 89.3 Å². The minimum Gasteiger partial charge on any atom is -0.207 e. The van der Waals surface area contributed by atoms with Crippen molar-refractivity contribution in [1.29, 1.82) is 0 Å². The summed E-state index contributed by atoms with van der Waals surface area (Å²) in [7, 11) is 0. The number of rotatable bonds is 0. The molecule has 29 heavy (non-hydrogen) atoms. The lowest BCUT2D eigenvalue weighted by molar-refractivity contribution is 0.662. The van der Waals surface area contributed by atoms with Gasteiger partial charge in [-0.1, -0.05) is 66.2 Å². The first-order chi connectivity index (χ1) is 14.3. The number of hydrogen-bond acceptors (Lipinski definition) is 0. The van der Waals surface area contributed by atoms with Crippen molar-refractivity contribution in [2.45, 2.75) is 6.92 Å². The summed E-state index contributed by atoms with van der Waals surface area (Å²) in [6.45, 7) is 2.17. The van der Waals surface area contributed by atoms with Gasteiger partial charge >= 0.3 is 11.2 Å². The van der Waals surface area contributed by atoms with Crippen LogP contribution in [-0.2, 0) is 0 Å². The fourth-order valence-corrected chi connectivity index (χ4v) is 5.12. The summed E-state index contributed by atoms with van der Waals surface area (Å²) in [4.78, 5) is 0. The number of hydrogen-bond donors (Lipinski definition) is 0. The van der Waals surface area contributed by atoms with Crippen LogP contribution in [0.25, 0.3) is 65.0 Å². The molecule has 0 fully saturated rings. The van der Waals surface area contributed by atoms with Gasteiger partial charge in [0.15, 0.2) is 0 Å². The normalized spacial score (nSPS) is 12.3. The molecule has 0 aliphatic carbocycles. The van der Waals surface area contributed by atoms with Gasteiger partial charge in [0, 0.05) is 22.9 Å². The molecule has 134 valence electrons. The highest BCUT2D eigenvalue weighted by molar-refractivity contribution is 6.39. The summed E-state index contributed by atoms with van der Waals surface area (Å²) in [5, 5.41) is 12.7. The standard InChI is InChI=1S/C28H17O/c1-16-9-12-21-22(15-16)20-8-4-6-18-11-14-24-28(25(18)20)27(21)26-19-7-3-2-5-17(19)10-13-23(26)29-24/h2-15H,1H3/q+1. The van der Waals surface area contributed by atoms with Crippen molar-refractivity contribution in [3.8, 4) is 0 Å². The summed E-state index contributed by atoms with van der Waals surface area (Å²) in [5.74, 6) is 0. The van der Waals surface area contributed by atoms with Gasteiger partial charge in [-0.15, -0.1) is 0 Å². The SMILES string of the molecule is Cc1ccc2c(c1)c1cccc3ccc4[o+]c5ccc6ccccc6c5c2c4c31. The van der Waals surface area contributed by atoms with Crippen molar-refractivity contribution >= 4 is 65.0 Å². The molecule has 1 nitrogen and oxygen atoms in total. The average Bonchev–Trinajstić information content (AvgIpc) is 2.77. The number of benzene rings is 6. The van der Waals surface area contributed by atoms with Crippen LogP contribution in [0.3, 0.4) is 0 Å². The van der Waals surface area contributed by atoms with E-state index < -0.39 is 0 Å². The lowest BCUT2D eigenvalue weighted by Crippen LogP contribution is -1.90. The molecule has 0 saturated heterocycles. The predicted octanol–water partition coefficient (Wildman–Crippen LogP) is 8.23. The van der Waals surface area contributed by atoms with E-state index in [0.717, 1.165) is 11.2 Å². The highest BCUT2D eigenvalue weighted by atomic mass is 16.3. The zero-order chi connectivity index (χ0) is 19.1. The second kappa shape index (κ2) is 5.21. The van der Waals surface area contributed by atoms with Crippen molar-refractivity contribution in [3.05, 3.63) is 90.5 Å². The Morgan fingerprint density at radius 1 is 0.483 bits per heavy atom. The maximum Gasteiger partial charge on any atom is 0.362 e. The summed E-state index contributed by atoms with van der Waals surface area (Å²) in [5.41, 5.74) is 3.18. The van der Waals surface area contributed by atoms with E-state index in [-0.39, 0.29) is 0 Å². The van der Waals surface area contributed by atoms with E-state index in [1.807, 2.05) is 0 Å². The summed E-state index contributed by atoms with van der Waals surface area (Å²) in [6, 6.07) is 30.6. The van der Waals surface area contributed by atoms with Crippen molar-refractivity contribution in [3.63, 3.8) is 0 Å². The molecule has 0 atom stereocenters. The van der Waals surface area contributed by atoms with Gasteiger partial charge in [0.1, 0.15) is 0 Å².